The van der Waals surface area contributed by atoms with Crippen LogP contribution in [0.5, 0.6) is 0 Å². The molecule has 1 saturated heterocycles. The monoisotopic (exact) mass is 1060 g/mol. The van der Waals surface area contributed by atoms with Crippen LogP contribution in [0.15, 0.2) is 71.8 Å². The highest BCUT2D eigenvalue weighted by atomic mass is 35.6. The Hall–Kier alpha value is -3.62. The lowest BCUT2D eigenvalue weighted by molar-refractivity contribution is -0.346. The maximum absolute atomic E-state index is 16.1. The first-order valence-electron chi connectivity index (χ1n) is 20.6. The number of rotatable bonds is 11. The Morgan fingerprint density at radius 2 is 1.40 bits per heavy atom. The highest BCUT2D eigenvalue weighted by molar-refractivity contribution is 6.68. The van der Waals surface area contributed by atoms with Gasteiger partial charge in [-0.25, -0.2) is 19.2 Å². The normalized spacial score (nSPS) is 30.9. The van der Waals surface area contributed by atoms with E-state index in [4.69, 9.17) is 113 Å². The van der Waals surface area contributed by atoms with Gasteiger partial charge in [0.15, 0.2) is 23.6 Å². The van der Waals surface area contributed by atoms with E-state index < -0.39 is 147 Å². The van der Waals surface area contributed by atoms with Crippen LogP contribution in [0.2, 0.25) is 0 Å². The molecule has 23 heteroatoms. The number of aliphatic hydroxyl groups excluding tert-OH is 1. The molecule has 2 aromatic rings. The van der Waals surface area contributed by atoms with Gasteiger partial charge in [0.2, 0.25) is 7.59 Å². The van der Waals surface area contributed by atoms with Gasteiger partial charge in [0.05, 0.1) is 29.5 Å². The van der Waals surface area contributed by atoms with Crippen LogP contribution >= 0.6 is 69.6 Å². The molecule has 0 radical (unpaired) electrons. The first-order valence-corrected chi connectivity index (χ1v) is 22.9. The second-order valence-corrected chi connectivity index (χ2v) is 22.5. The summed E-state index contributed by atoms with van der Waals surface area (Å²) in [5.74, 6) is -6.12. The summed E-state index contributed by atoms with van der Waals surface area (Å²) < 4.78 is 42.1. The molecule has 1 aliphatic heterocycles. The van der Waals surface area contributed by atoms with Gasteiger partial charge in [-0.1, -0.05) is 132 Å². The Morgan fingerprint density at radius 1 is 0.851 bits per heavy atom. The Balaban J connectivity index is 1.62. The van der Waals surface area contributed by atoms with Crippen molar-refractivity contribution in [1.82, 2.24) is 0 Å². The second-order valence-electron chi connectivity index (χ2n) is 17.5. The predicted octanol–water partition coefficient (Wildman–Crippen LogP) is 6.76. The predicted molar refractivity (Wildman–Crippen MR) is 239 cm³/mol. The van der Waals surface area contributed by atoms with Gasteiger partial charge in [0, 0.05) is 25.2 Å². The molecule has 1 heterocycles. The fourth-order valence-electron chi connectivity index (χ4n) is 9.78. The summed E-state index contributed by atoms with van der Waals surface area (Å²) in [7, 11) is 0. The number of benzene rings is 2. The second kappa shape index (κ2) is 19.6. The molecule has 11 atom stereocenters. The van der Waals surface area contributed by atoms with Gasteiger partial charge in [-0.2, -0.15) is 0 Å². The van der Waals surface area contributed by atoms with E-state index in [0.29, 0.717) is 5.56 Å². The molecule has 0 amide bonds. The van der Waals surface area contributed by atoms with Crippen LogP contribution in [-0.2, 0) is 52.3 Å². The summed E-state index contributed by atoms with van der Waals surface area (Å²) in [5, 5.41) is 25.1. The van der Waals surface area contributed by atoms with Crippen molar-refractivity contribution in [1.29, 1.82) is 0 Å². The third-order valence-corrected chi connectivity index (χ3v) is 13.7. The maximum atomic E-state index is 16.1. The van der Waals surface area contributed by atoms with Crippen LogP contribution < -0.4 is 5.73 Å². The number of esters is 3. The van der Waals surface area contributed by atoms with E-state index in [2.05, 4.69) is 0 Å². The summed E-state index contributed by atoms with van der Waals surface area (Å²) in [6, 6.07) is 14.4. The quantitative estimate of drug-likeness (QED) is 0.0911. The number of halogens is 6. The highest BCUT2D eigenvalue weighted by Gasteiger charge is 2.79. The zero-order chi connectivity index (χ0) is 49.7. The molecule has 366 valence electrons. The lowest BCUT2D eigenvalue weighted by Crippen LogP contribution is -2.82. The molecule has 4 aliphatic rings. The van der Waals surface area contributed by atoms with Crippen molar-refractivity contribution in [3.05, 3.63) is 82.9 Å². The van der Waals surface area contributed by atoms with Gasteiger partial charge in [-0.15, -0.1) is 0 Å². The topological polar surface area (TPSA) is 243 Å². The van der Waals surface area contributed by atoms with Gasteiger partial charge in [-0.3, -0.25) is 9.59 Å². The third-order valence-electron chi connectivity index (χ3n) is 13.1. The lowest BCUT2D eigenvalue weighted by Gasteiger charge is -2.67. The van der Waals surface area contributed by atoms with Gasteiger partial charge in [0.25, 0.3) is 0 Å². The fourth-order valence-corrected chi connectivity index (χ4v) is 10.1. The molecule has 0 aromatic heterocycles. The van der Waals surface area contributed by atoms with Crippen LogP contribution in [0.25, 0.3) is 0 Å². The van der Waals surface area contributed by atoms with Crippen molar-refractivity contribution in [2.24, 2.45) is 22.5 Å². The standard InChI is InChI=1S/C44H47Cl6NO16/c1-21-25(63-36(56)30(53)29(51)23-12-8-6-9-13-23)17-42(59)34(66-35(55)24-14-10-7-11-15-24)32-40(5,33(54)31(28(21)39(42,3)4)65-38(58)62-20-44(48,49)50)26(64-37(57)61-19-43(45,46)47)16-27-41(32,18-60-27)67-22(2)52/h6-15,25-27,29-32,34,53,59H,16-20,51H2,1-5H3/t25-,26+,27-,29+,30+,31-,32+,34-,40-,41?,42-/m1/s1. The van der Waals surface area contributed by atoms with Crippen LogP contribution in [0.3, 0.4) is 0 Å². The summed E-state index contributed by atoms with van der Waals surface area (Å²) >= 11 is 35.2. The summed E-state index contributed by atoms with van der Waals surface area (Å²) in [4.78, 5) is 85.0. The highest BCUT2D eigenvalue weighted by Crippen LogP contribution is 2.65. The van der Waals surface area contributed by atoms with E-state index in [1.54, 1.807) is 48.5 Å². The molecule has 4 N–H and O–H groups in total. The zero-order valence-electron chi connectivity index (χ0n) is 36.4. The molecule has 17 nitrogen and oxygen atoms in total. The molecular formula is C44H47Cl6NO16. The number of alkyl halides is 6. The molecule has 2 bridgehead atoms. The van der Waals surface area contributed by atoms with Crippen molar-refractivity contribution in [3.8, 4) is 0 Å². The van der Waals surface area contributed by atoms with Crippen molar-refractivity contribution in [2.75, 3.05) is 19.8 Å². The average molecular weight is 1060 g/mol. The number of ether oxygens (including phenoxy) is 8. The smallest absolute Gasteiger partial charge is 0.456 e. The number of fused-ring (bicyclic) bond motifs is 5. The number of hydrogen-bond acceptors (Lipinski definition) is 17. The van der Waals surface area contributed by atoms with Gasteiger partial charge in [0.1, 0.15) is 43.2 Å². The molecule has 67 heavy (non-hydrogen) atoms. The molecule has 2 saturated carbocycles. The minimum absolute atomic E-state index is 0.0149. The fraction of sp³-hybridized carbons (Fsp3) is 0.545. The number of carbonyl (C=O) groups is 6. The number of Topliss-reactive ketones (excluding diaryl/α,β-unsaturated/α-hetero) is 1. The van der Waals surface area contributed by atoms with Crippen LogP contribution in [0.1, 0.15) is 69.4 Å². The maximum Gasteiger partial charge on any atom is 0.509 e. The first-order chi connectivity index (χ1) is 31.1. The Bertz CT molecular complexity index is 2270. The Labute approximate surface area is 414 Å². The number of aliphatic hydroxyl groups is 2. The molecular weight excluding hydrogens is 1010 g/mol. The third kappa shape index (κ3) is 10.5. The van der Waals surface area contributed by atoms with Crippen molar-refractivity contribution in [3.63, 3.8) is 0 Å². The minimum atomic E-state index is -2.58. The SMILES string of the molecule is CC(=O)OC12CO[C@@H]1C[C@H](OC(=O)OCC(Cl)(Cl)Cl)[C@@]1(C)C(=O)[C@H](OC(=O)OCC(Cl)(Cl)Cl)C3=C(C)[C@H](OC(=O)[C@@H](O)[C@@H](N)c4ccccc4)C[C@@](O)([C@H](OC(=O)c4ccccc4)[C@H]21)C3(C)C. The van der Waals surface area contributed by atoms with E-state index in [-0.39, 0.29) is 16.7 Å². The van der Waals surface area contributed by atoms with Crippen molar-refractivity contribution < 1.29 is 76.9 Å². The van der Waals surface area contributed by atoms with Crippen molar-refractivity contribution in [2.45, 2.75) is 109 Å². The zero-order valence-corrected chi connectivity index (χ0v) is 40.9. The van der Waals surface area contributed by atoms with Crippen LogP contribution in [-0.4, -0.2) is 121 Å². The van der Waals surface area contributed by atoms with E-state index >= 15 is 4.79 Å². The van der Waals surface area contributed by atoms with Gasteiger partial charge < -0.3 is 53.8 Å². The van der Waals surface area contributed by atoms with Crippen molar-refractivity contribution >= 4 is 106 Å². The van der Waals surface area contributed by atoms with Gasteiger partial charge >= 0.3 is 30.2 Å². The number of carbonyl (C=O) groups excluding carboxylic acids is 6. The number of hydrogen-bond donors (Lipinski definition) is 3. The van der Waals surface area contributed by atoms with Crippen LogP contribution in [0, 0.1) is 16.7 Å². The lowest BCUT2D eigenvalue weighted by atomic mass is 9.44. The molecule has 0 spiro atoms. The Kier molecular flexibility index (Phi) is 15.5. The van der Waals surface area contributed by atoms with Crippen LogP contribution in [0.4, 0.5) is 9.59 Å². The molecule has 1 unspecified atom stereocenters. The molecule has 6 rings (SSSR count). The summed E-state index contributed by atoms with van der Waals surface area (Å²) in [6.45, 7) is 4.49. The molecule has 3 aliphatic carbocycles. The largest absolute Gasteiger partial charge is 0.509 e. The Morgan fingerprint density at radius 3 is 1.93 bits per heavy atom. The van der Waals surface area contributed by atoms with E-state index in [1.165, 1.54) is 39.8 Å². The first kappa shape index (κ1) is 52.7. The molecule has 3 fully saturated rings. The molecule has 2 aromatic carbocycles. The van der Waals surface area contributed by atoms with Gasteiger partial charge in [-0.05, 0) is 42.7 Å². The summed E-state index contributed by atoms with van der Waals surface area (Å²) in [6.07, 6.45) is -14.9. The minimum Gasteiger partial charge on any atom is -0.456 e. The number of nitrogens with two attached hydrogens (primary N) is 1. The van der Waals surface area contributed by atoms with E-state index in [1.807, 2.05) is 0 Å². The summed E-state index contributed by atoms with van der Waals surface area (Å²) in [5.41, 5.74) is -2.37. The van der Waals surface area contributed by atoms with E-state index in [0.717, 1.165) is 6.92 Å². The van der Waals surface area contributed by atoms with E-state index in [9.17, 15) is 34.2 Å². The average Bonchev–Trinajstić information content (AvgIpc) is 3.25. The number of ketones is 1.